The Bertz CT molecular complexity index is 1370. The molecule has 0 aromatic heterocycles. The van der Waals surface area contributed by atoms with Crippen molar-refractivity contribution in [3.63, 3.8) is 0 Å². The number of aryl methyl sites for hydroxylation is 2. The lowest BCUT2D eigenvalue weighted by atomic mass is 10.0. The molecule has 0 aliphatic carbocycles. The van der Waals surface area contributed by atoms with E-state index in [1.807, 2.05) is 13.0 Å². The van der Waals surface area contributed by atoms with Crippen LogP contribution >= 0.6 is 0 Å². The van der Waals surface area contributed by atoms with Crippen LogP contribution < -0.4 is 19.7 Å². The van der Waals surface area contributed by atoms with Gasteiger partial charge in [0, 0.05) is 5.56 Å². The van der Waals surface area contributed by atoms with Crippen LogP contribution in [0.1, 0.15) is 22.3 Å². The van der Waals surface area contributed by atoms with E-state index in [2.05, 4.69) is 5.32 Å². The maximum Gasteiger partial charge on any atom is 0.335 e. The second-order valence-corrected chi connectivity index (χ2v) is 8.04. The third-order valence-corrected chi connectivity index (χ3v) is 5.55. The Hall–Kier alpha value is -4.46. The normalized spacial score (nSPS) is 14.8. The summed E-state index contributed by atoms with van der Waals surface area (Å²) >= 11 is 0. The molecule has 4 amide bonds. The molecule has 1 saturated heterocycles. The van der Waals surface area contributed by atoms with E-state index in [0.717, 1.165) is 10.5 Å². The monoisotopic (exact) mass is 474 g/mol. The molecule has 0 saturated carbocycles. The fourth-order valence-electron chi connectivity index (χ4n) is 3.67. The summed E-state index contributed by atoms with van der Waals surface area (Å²) in [5.41, 5.74) is 2.65. The summed E-state index contributed by atoms with van der Waals surface area (Å²) in [6, 6.07) is 15.7. The highest BCUT2D eigenvalue weighted by atomic mass is 19.1. The molecule has 7 nitrogen and oxygen atoms in total. The number of anilines is 1. The fraction of sp³-hybridized carbons (Fsp3) is 0.148. The van der Waals surface area contributed by atoms with E-state index < -0.39 is 17.8 Å². The molecular weight excluding hydrogens is 451 g/mol. The smallest absolute Gasteiger partial charge is 0.335 e. The van der Waals surface area contributed by atoms with Crippen LogP contribution in [0.25, 0.3) is 6.08 Å². The van der Waals surface area contributed by atoms with Crippen molar-refractivity contribution in [3.05, 3.63) is 94.3 Å². The number of halogens is 1. The van der Waals surface area contributed by atoms with E-state index in [9.17, 15) is 18.8 Å². The van der Waals surface area contributed by atoms with Gasteiger partial charge in [0.2, 0.25) is 0 Å². The van der Waals surface area contributed by atoms with Crippen molar-refractivity contribution in [2.75, 3.05) is 12.0 Å². The Morgan fingerprint density at radius 3 is 2.49 bits per heavy atom. The van der Waals surface area contributed by atoms with E-state index in [1.165, 1.54) is 19.3 Å². The van der Waals surface area contributed by atoms with E-state index in [1.54, 1.807) is 55.5 Å². The first-order valence-electron chi connectivity index (χ1n) is 10.8. The zero-order valence-electron chi connectivity index (χ0n) is 19.4. The number of ether oxygens (including phenoxy) is 2. The van der Waals surface area contributed by atoms with Gasteiger partial charge in [-0.3, -0.25) is 14.9 Å². The molecule has 0 spiro atoms. The highest BCUT2D eigenvalue weighted by Gasteiger charge is 2.37. The first-order chi connectivity index (χ1) is 16.8. The average molecular weight is 474 g/mol. The SMILES string of the molecule is COc1cc(/C=C2\C(=O)NC(=O)N(c3cc(C)ccc3C)C2=O)ccc1OCc1ccccc1F. The third-order valence-electron chi connectivity index (χ3n) is 5.55. The predicted octanol–water partition coefficient (Wildman–Crippen LogP) is 4.70. The molecule has 0 bridgehead atoms. The van der Waals surface area contributed by atoms with Crippen molar-refractivity contribution >= 4 is 29.6 Å². The lowest BCUT2D eigenvalue weighted by molar-refractivity contribution is -0.122. The Morgan fingerprint density at radius 2 is 1.74 bits per heavy atom. The summed E-state index contributed by atoms with van der Waals surface area (Å²) in [4.78, 5) is 39.2. The van der Waals surface area contributed by atoms with Gasteiger partial charge in [-0.1, -0.05) is 36.4 Å². The molecule has 35 heavy (non-hydrogen) atoms. The van der Waals surface area contributed by atoms with Crippen molar-refractivity contribution in [2.45, 2.75) is 20.5 Å². The Balaban J connectivity index is 1.62. The number of carbonyl (C=O) groups excluding carboxylic acids is 3. The number of urea groups is 1. The molecule has 1 N–H and O–H groups in total. The fourth-order valence-corrected chi connectivity index (χ4v) is 3.67. The molecule has 1 aliphatic rings. The first-order valence-corrected chi connectivity index (χ1v) is 10.8. The second kappa shape index (κ2) is 9.80. The van der Waals surface area contributed by atoms with Crippen molar-refractivity contribution in [1.29, 1.82) is 0 Å². The zero-order chi connectivity index (χ0) is 25.1. The lowest BCUT2D eigenvalue weighted by Gasteiger charge is -2.27. The minimum atomic E-state index is -0.805. The first kappa shape index (κ1) is 23.7. The van der Waals surface area contributed by atoms with Crippen molar-refractivity contribution in [2.24, 2.45) is 0 Å². The Kier molecular flexibility index (Phi) is 6.64. The summed E-state index contributed by atoms with van der Waals surface area (Å²) in [6.45, 7) is 3.62. The number of nitrogens with one attached hydrogen (secondary N) is 1. The van der Waals surface area contributed by atoms with Crippen LogP contribution in [0.2, 0.25) is 0 Å². The minimum Gasteiger partial charge on any atom is -0.493 e. The quantitative estimate of drug-likeness (QED) is 0.414. The van der Waals surface area contributed by atoms with E-state index >= 15 is 0 Å². The number of hydrogen-bond acceptors (Lipinski definition) is 5. The molecule has 3 aromatic rings. The molecule has 1 heterocycles. The van der Waals surface area contributed by atoms with E-state index in [-0.39, 0.29) is 18.0 Å². The van der Waals surface area contributed by atoms with Crippen LogP contribution in [0.15, 0.2) is 66.2 Å². The van der Waals surface area contributed by atoms with E-state index in [0.29, 0.717) is 33.9 Å². The number of rotatable bonds is 6. The summed E-state index contributed by atoms with van der Waals surface area (Å²) in [5, 5.41) is 2.23. The predicted molar refractivity (Wildman–Crippen MR) is 129 cm³/mol. The van der Waals surface area contributed by atoms with Crippen molar-refractivity contribution < 1.29 is 28.2 Å². The van der Waals surface area contributed by atoms with Gasteiger partial charge in [0.05, 0.1) is 12.8 Å². The number of barbiturate groups is 1. The number of carbonyl (C=O) groups is 3. The Labute approximate surface area is 201 Å². The molecular formula is C27H23FN2O5. The number of imide groups is 2. The highest BCUT2D eigenvalue weighted by molar-refractivity contribution is 6.39. The molecule has 3 aromatic carbocycles. The molecule has 0 unspecified atom stereocenters. The highest BCUT2D eigenvalue weighted by Crippen LogP contribution is 2.31. The van der Waals surface area contributed by atoms with Gasteiger partial charge in [-0.25, -0.2) is 14.1 Å². The van der Waals surface area contributed by atoms with Crippen molar-refractivity contribution in [1.82, 2.24) is 5.32 Å². The Morgan fingerprint density at radius 1 is 0.971 bits per heavy atom. The van der Waals surface area contributed by atoms with Crippen LogP contribution in [-0.4, -0.2) is 25.0 Å². The standard InChI is InChI=1S/C27H23FN2O5/c1-16-8-9-17(2)22(12-16)30-26(32)20(25(31)29-27(30)33)13-18-10-11-23(24(14-18)34-3)35-15-19-6-4-5-7-21(19)28/h4-14H,15H2,1-3H3,(H,29,31,33)/b20-13+. The van der Waals surface area contributed by atoms with Gasteiger partial charge in [-0.15, -0.1) is 0 Å². The van der Waals surface area contributed by atoms with Crippen LogP contribution in [-0.2, 0) is 16.2 Å². The lowest BCUT2D eigenvalue weighted by Crippen LogP contribution is -2.54. The van der Waals surface area contributed by atoms with E-state index in [4.69, 9.17) is 9.47 Å². The largest absolute Gasteiger partial charge is 0.493 e. The molecule has 8 heteroatoms. The number of methoxy groups -OCH3 is 1. The summed E-state index contributed by atoms with van der Waals surface area (Å²) in [5.74, 6) is -1.20. The molecule has 178 valence electrons. The molecule has 0 atom stereocenters. The zero-order valence-corrected chi connectivity index (χ0v) is 19.4. The van der Waals surface area contributed by atoms with Crippen LogP contribution in [0, 0.1) is 19.7 Å². The summed E-state index contributed by atoms with van der Waals surface area (Å²) < 4.78 is 25.0. The van der Waals surface area contributed by atoms with Gasteiger partial charge in [0.15, 0.2) is 11.5 Å². The van der Waals surface area contributed by atoms with Crippen LogP contribution in [0.4, 0.5) is 14.9 Å². The van der Waals surface area contributed by atoms with Gasteiger partial charge in [-0.2, -0.15) is 0 Å². The number of benzene rings is 3. The van der Waals surface area contributed by atoms with Crippen LogP contribution in [0.3, 0.4) is 0 Å². The summed E-state index contributed by atoms with van der Waals surface area (Å²) in [7, 11) is 1.45. The van der Waals surface area contributed by atoms with Gasteiger partial charge in [0.25, 0.3) is 11.8 Å². The topological polar surface area (TPSA) is 84.9 Å². The maximum atomic E-state index is 13.9. The molecule has 1 aliphatic heterocycles. The van der Waals surface area contributed by atoms with Crippen LogP contribution in [0.5, 0.6) is 11.5 Å². The molecule has 1 fully saturated rings. The minimum absolute atomic E-state index is 0.00270. The third kappa shape index (κ3) is 4.91. The van der Waals surface area contributed by atoms with Gasteiger partial charge >= 0.3 is 6.03 Å². The van der Waals surface area contributed by atoms with Crippen molar-refractivity contribution in [3.8, 4) is 11.5 Å². The van der Waals surface area contributed by atoms with Gasteiger partial charge in [0.1, 0.15) is 18.0 Å². The molecule has 4 rings (SSSR count). The summed E-state index contributed by atoms with van der Waals surface area (Å²) in [6.07, 6.45) is 1.38. The van der Waals surface area contributed by atoms with Gasteiger partial charge in [-0.05, 0) is 60.9 Å². The second-order valence-electron chi connectivity index (χ2n) is 8.04. The average Bonchev–Trinajstić information content (AvgIpc) is 2.83. The number of amides is 4. The molecule has 0 radical (unpaired) electrons. The van der Waals surface area contributed by atoms with Gasteiger partial charge < -0.3 is 9.47 Å². The number of hydrogen-bond donors (Lipinski definition) is 1. The number of nitrogens with zero attached hydrogens (tertiary/aromatic N) is 1. The maximum absolute atomic E-state index is 13.9.